The number of carboxylic acids is 1. The summed E-state index contributed by atoms with van der Waals surface area (Å²) in [5.41, 5.74) is 0.0578. The number of carboxylic acid groups (broad SMARTS) is 1. The quantitative estimate of drug-likeness (QED) is 0.851. The largest absolute Gasteiger partial charge is 0.478 e. The number of rotatable bonds is 4. The SMILES string of the molecule is O=C(O)c1ccnc(NC(=O)C2CC(=O)N(C3CC3)C2)c1. The second kappa shape index (κ2) is 5.16. The van der Waals surface area contributed by atoms with E-state index in [9.17, 15) is 14.4 Å². The molecule has 2 amide bonds. The summed E-state index contributed by atoms with van der Waals surface area (Å²) in [6.45, 7) is 0.438. The predicted octanol–water partition coefficient (Wildman–Crippen LogP) is 0.729. The number of amides is 2. The summed E-state index contributed by atoms with van der Waals surface area (Å²) < 4.78 is 0. The number of carbonyl (C=O) groups is 3. The van der Waals surface area contributed by atoms with Crippen LogP contribution in [0.1, 0.15) is 29.6 Å². The van der Waals surface area contributed by atoms with Crippen molar-refractivity contribution in [1.82, 2.24) is 9.88 Å². The van der Waals surface area contributed by atoms with Gasteiger partial charge in [0.2, 0.25) is 11.8 Å². The van der Waals surface area contributed by atoms with E-state index in [-0.39, 0.29) is 29.6 Å². The van der Waals surface area contributed by atoms with Crippen LogP contribution in [0.5, 0.6) is 0 Å². The fraction of sp³-hybridized carbons (Fsp3) is 0.429. The van der Waals surface area contributed by atoms with E-state index in [1.54, 1.807) is 4.90 Å². The molecule has 1 aromatic rings. The van der Waals surface area contributed by atoms with E-state index in [1.807, 2.05) is 0 Å². The molecule has 21 heavy (non-hydrogen) atoms. The van der Waals surface area contributed by atoms with Crippen molar-refractivity contribution in [2.24, 2.45) is 5.92 Å². The first-order valence-corrected chi connectivity index (χ1v) is 6.84. The van der Waals surface area contributed by atoms with E-state index in [4.69, 9.17) is 5.11 Å². The first-order valence-electron chi connectivity index (χ1n) is 6.84. The number of aromatic carboxylic acids is 1. The van der Waals surface area contributed by atoms with Crippen LogP contribution in [0.3, 0.4) is 0 Å². The maximum atomic E-state index is 12.2. The molecular weight excluding hydrogens is 274 g/mol. The zero-order valence-corrected chi connectivity index (χ0v) is 11.3. The standard InChI is InChI=1S/C14H15N3O4/c18-12-6-9(7-17(12)10-1-2-10)13(19)16-11-5-8(14(20)21)3-4-15-11/h3-5,9-10H,1-2,6-7H2,(H,20,21)(H,15,16,19). The molecule has 2 aliphatic rings. The van der Waals surface area contributed by atoms with Crippen molar-refractivity contribution in [3.63, 3.8) is 0 Å². The average Bonchev–Trinajstić information content (AvgIpc) is 3.22. The second-order valence-corrected chi connectivity index (χ2v) is 5.40. The Kier molecular flexibility index (Phi) is 3.32. The maximum Gasteiger partial charge on any atom is 0.335 e. The Morgan fingerprint density at radius 2 is 2.14 bits per heavy atom. The zero-order chi connectivity index (χ0) is 15.0. The van der Waals surface area contributed by atoms with Crippen LogP contribution < -0.4 is 5.32 Å². The van der Waals surface area contributed by atoms with Crippen molar-refractivity contribution in [2.45, 2.75) is 25.3 Å². The summed E-state index contributed by atoms with van der Waals surface area (Å²) in [4.78, 5) is 40.5. The van der Waals surface area contributed by atoms with Gasteiger partial charge in [-0.3, -0.25) is 9.59 Å². The normalized spacial score (nSPS) is 21.4. The summed E-state index contributed by atoms with van der Waals surface area (Å²) in [5.74, 6) is -1.55. The van der Waals surface area contributed by atoms with Gasteiger partial charge in [0.25, 0.3) is 0 Å². The van der Waals surface area contributed by atoms with E-state index in [0.717, 1.165) is 12.8 Å². The molecule has 1 aliphatic heterocycles. The maximum absolute atomic E-state index is 12.2. The number of aromatic nitrogens is 1. The Bertz CT molecular complexity index is 612. The molecule has 1 saturated carbocycles. The third-order valence-corrected chi connectivity index (χ3v) is 3.78. The van der Waals surface area contributed by atoms with E-state index >= 15 is 0 Å². The highest BCUT2D eigenvalue weighted by molar-refractivity contribution is 5.97. The Morgan fingerprint density at radius 3 is 2.81 bits per heavy atom. The summed E-state index contributed by atoms with van der Waals surface area (Å²) in [5, 5.41) is 11.5. The Hall–Kier alpha value is -2.44. The molecule has 1 unspecified atom stereocenters. The van der Waals surface area contributed by atoms with Crippen LogP contribution in [0.25, 0.3) is 0 Å². The van der Waals surface area contributed by atoms with Gasteiger partial charge in [0.05, 0.1) is 11.5 Å². The Balaban J connectivity index is 1.65. The van der Waals surface area contributed by atoms with Gasteiger partial charge in [0.15, 0.2) is 0 Å². The predicted molar refractivity (Wildman–Crippen MR) is 72.7 cm³/mol. The molecule has 7 heteroatoms. The van der Waals surface area contributed by atoms with Crippen LogP contribution in [0.2, 0.25) is 0 Å². The van der Waals surface area contributed by atoms with Crippen molar-refractivity contribution in [1.29, 1.82) is 0 Å². The second-order valence-electron chi connectivity index (χ2n) is 5.40. The number of pyridine rings is 1. The summed E-state index contributed by atoms with van der Waals surface area (Å²) in [7, 11) is 0. The van der Waals surface area contributed by atoms with Crippen molar-refractivity contribution in [2.75, 3.05) is 11.9 Å². The van der Waals surface area contributed by atoms with Gasteiger partial charge in [-0.05, 0) is 25.0 Å². The number of hydrogen-bond acceptors (Lipinski definition) is 4. The van der Waals surface area contributed by atoms with Crippen LogP contribution in [-0.2, 0) is 9.59 Å². The monoisotopic (exact) mass is 289 g/mol. The van der Waals surface area contributed by atoms with Crippen LogP contribution in [0, 0.1) is 5.92 Å². The van der Waals surface area contributed by atoms with Gasteiger partial charge in [0.1, 0.15) is 5.82 Å². The summed E-state index contributed by atoms with van der Waals surface area (Å²) in [6.07, 6.45) is 3.57. The highest BCUT2D eigenvalue weighted by atomic mass is 16.4. The van der Waals surface area contributed by atoms with E-state index < -0.39 is 11.9 Å². The molecule has 0 bridgehead atoms. The minimum atomic E-state index is -1.08. The third kappa shape index (κ3) is 2.86. The molecule has 1 aromatic heterocycles. The molecular formula is C14H15N3O4. The molecule has 110 valence electrons. The Morgan fingerprint density at radius 1 is 1.38 bits per heavy atom. The molecule has 1 saturated heterocycles. The molecule has 1 aliphatic carbocycles. The first-order chi connectivity index (χ1) is 10.0. The van der Waals surface area contributed by atoms with Crippen LogP contribution in [0.4, 0.5) is 5.82 Å². The van der Waals surface area contributed by atoms with Crippen LogP contribution in [-0.4, -0.2) is 45.4 Å². The smallest absolute Gasteiger partial charge is 0.335 e. The topological polar surface area (TPSA) is 99.6 Å². The number of anilines is 1. The highest BCUT2D eigenvalue weighted by Gasteiger charge is 2.41. The molecule has 1 atom stereocenters. The highest BCUT2D eigenvalue weighted by Crippen LogP contribution is 2.32. The molecule has 0 spiro atoms. The lowest BCUT2D eigenvalue weighted by molar-refractivity contribution is -0.128. The number of likely N-dealkylation sites (tertiary alicyclic amines) is 1. The van der Waals surface area contributed by atoms with Gasteiger partial charge in [-0.25, -0.2) is 9.78 Å². The lowest BCUT2D eigenvalue weighted by atomic mass is 10.1. The summed E-state index contributed by atoms with van der Waals surface area (Å²) in [6, 6.07) is 2.96. The first kappa shape index (κ1) is 13.5. The molecule has 0 radical (unpaired) electrons. The van der Waals surface area contributed by atoms with Gasteiger partial charge >= 0.3 is 5.97 Å². The molecule has 3 rings (SSSR count). The molecule has 2 fully saturated rings. The van der Waals surface area contributed by atoms with E-state index in [2.05, 4.69) is 10.3 Å². The number of nitrogens with one attached hydrogen (secondary N) is 1. The Labute approximate surface area is 121 Å². The molecule has 2 heterocycles. The average molecular weight is 289 g/mol. The lowest BCUT2D eigenvalue weighted by Crippen LogP contribution is -2.30. The third-order valence-electron chi connectivity index (χ3n) is 3.78. The fourth-order valence-electron chi connectivity index (χ4n) is 2.51. The lowest BCUT2D eigenvalue weighted by Gasteiger charge is -2.15. The zero-order valence-electron chi connectivity index (χ0n) is 11.3. The van der Waals surface area contributed by atoms with Crippen molar-refractivity contribution < 1.29 is 19.5 Å². The van der Waals surface area contributed by atoms with E-state index in [1.165, 1.54) is 18.3 Å². The molecule has 2 N–H and O–H groups in total. The number of carbonyl (C=O) groups excluding carboxylic acids is 2. The number of nitrogens with zero attached hydrogens (tertiary/aromatic N) is 2. The van der Waals surface area contributed by atoms with Crippen molar-refractivity contribution >= 4 is 23.6 Å². The molecule has 0 aromatic carbocycles. The van der Waals surface area contributed by atoms with Crippen molar-refractivity contribution in [3.8, 4) is 0 Å². The van der Waals surface area contributed by atoms with Gasteiger partial charge in [-0.2, -0.15) is 0 Å². The number of hydrogen-bond donors (Lipinski definition) is 2. The minimum absolute atomic E-state index is 0.0184. The van der Waals surface area contributed by atoms with Gasteiger partial charge in [-0.15, -0.1) is 0 Å². The minimum Gasteiger partial charge on any atom is -0.478 e. The van der Waals surface area contributed by atoms with Crippen LogP contribution in [0.15, 0.2) is 18.3 Å². The van der Waals surface area contributed by atoms with Crippen LogP contribution >= 0.6 is 0 Å². The van der Waals surface area contributed by atoms with Gasteiger partial charge in [-0.1, -0.05) is 0 Å². The fourth-order valence-corrected chi connectivity index (χ4v) is 2.51. The molecule has 7 nitrogen and oxygen atoms in total. The van der Waals surface area contributed by atoms with Crippen molar-refractivity contribution in [3.05, 3.63) is 23.9 Å². The van der Waals surface area contributed by atoms with Gasteiger partial charge in [0, 0.05) is 25.2 Å². The summed E-state index contributed by atoms with van der Waals surface area (Å²) >= 11 is 0. The van der Waals surface area contributed by atoms with E-state index in [0.29, 0.717) is 12.6 Å². The van der Waals surface area contributed by atoms with Gasteiger partial charge < -0.3 is 15.3 Å².